The van der Waals surface area contributed by atoms with E-state index in [1.165, 1.54) is 32.1 Å². The number of aliphatic carboxylic acids is 1. The summed E-state index contributed by atoms with van der Waals surface area (Å²) in [6, 6.07) is 0. The fraction of sp³-hybridized carbons (Fsp3) is 0.909. The van der Waals surface area contributed by atoms with E-state index in [0.717, 1.165) is 25.8 Å². The zero-order valence-electron chi connectivity index (χ0n) is 9.50. The summed E-state index contributed by atoms with van der Waals surface area (Å²) in [5.74, 6) is -0.673. The van der Waals surface area contributed by atoms with Crippen molar-refractivity contribution in [3.8, 4) is 0 Å². The highest BCUT2D eigenvalue weighted by atomic mass is 16.4. The first-order valence-corrected chi connectivity index (χ1v) is 5.69. The molecule has 4 heteroatoms. The molecule has 0 saturated heterocycles. The fourth-order valence-corrected chi connectivity index (χ4v) is 1.48. The summed E-state index contributed by atoms with van der Waals surface area (Å²) in [4.78, 5) is 10.2. The van der Waals surface area contributed by atoms with Gasteiger partial charge in [0.25, 0.3) is 0 Å². The molecule has 0 unspecified atom stereocenters. The number of rotatable bonds is 10. The molecule has 0 aliphatic rings. The van der Waals surface area contributed by atoms with Gasteiger partial charge in [0.1, 0.15) is 0 Å². The Labute approximate surface area is 92.2 Å². The quantitative estimate of drug-likeness (QED) is 0.547. The zero-order valence-corrected chi connectivity index (χ0v) is 9.50. The van der Waals surface area contributed by atoms with Gasteiger partial charge in [0.15, 0.2) is 0 Å². The molecule has 92 valence electrons. The van der Waals surface area contributed by atoms with Gasteiger partial charge in [0, 0.05) is 6.42 Å². The topological polar surface area (TPSA) is 94.8 Å². The van der Waals surface area contributed by atoms with Gasteiger partial charge in [-0.2, -0.15) is 0 Å². The number of carboxylic acids is 1. The fourth-order valence-electron chi connectivity index (χ4n) is 1.48. The van der Waals surface area contributed by atoms with Crippen molar-refractivity contribution in [1.82, 2.24) is 0 Å². The highest BCUT2D eigenvalue weighted by Gasteiger charge is 1.96. The molecule has 0 amide bonds. The predicted molar refractivity (Wildman–Crippen MR) is 61.9 cm³/mol. The van der Waals surface area contributed by atoms with E-state index in [2.05, 4.69) is 0 Å². The van der Waals surface area contributed by atoms with E-state index >= 15 is 0 Å². The second kappa shape index (κ2) is 13.4. The minimum atomic E-state index is -0.673. The molecule has 0 bridgehead atoms. The predicted octanol–water partition coefficient (Wildman–Crippen LogP) is 1.72. The van der Waals surface area contributed by atoms with Crippen molar-refractivity contribution < 1.29 is 15.4 Å². The van der Waals surface area contributed by atoms with Gasteiger partial charge in [0.05, 0.1) is 0 Å². The molecule has 0 heterocycles. The maximum atomic E-state index is 10.2. The average molecular weight is 219 g/mol. The lowest BCUT2D eigenvalue weighted by Crippen LogP contribution is -1.97. The number of hydrogen-bond donors (Lipinski definition) is 2. The third-order valence-electron chi connectivity index (χ3n) is 2.34. The third-order valence-corrected chi connectivity index (χ3v) is 2.34. The summed E-state index contributed by atoms with van der Waals surface area (Å²) in [7, 11) is 0. The van der Waals surface area contributed by atoms with Crippen LogP contribution >= 0.6 is 0 Å². The van der Waals surface area contributed by atoms with Crippen LogP contribution in [0.5, 0.6) is 0 Å². The summed E-state index contributed by atoms with van der Waals surface area (Å²) >= 11 is 0. The van der Waals surface area contributed by atoms with Gasteiger partial charge in [0.2, 0.25) is 0 Å². The van der Waals surface area contributed by atoms with Crippen LogP contribution < -0.4 is 5.73 Å². The summed E-state index contributed by atoms with van der Waals surface area (Å²) in [6.07, 6.45) is 9.56. The Kier molecular flexibility index (Phi) is 15.0. The Balaban J connectivity index is 0. The van der Waals surface area contributed by atoms with Crippen LogP contribution in [0.25, 0.3) is 0 Å². The molecule has 0 rings (SSSR count). The lowest BCUT2D eigenvalue weighted by atomic mass is 10.1. The van der Waals surface area contributed by atoms with Crippen molar-refractivity contribution in [2.75, 3.05) is 6.54 Å². The summed E-state index contributed by atoms with van der Waals surface area (Å²) in [5.41, 5.74) is 5.38. The number of hydrogen-bond acceptors (Lipinski definition) is 2. The molecular weight excluding hydrogens is 194 g/mol. The normalized spacial score (nSPS) is 9.67. The van der Waals surface area contributed by atoms with Crippen LogP contribution in [0, 0.1) is 0 Å². The van der Waals surface area contributed by atoms with Crippen LogP contribution in [-0.4, -0.2) is 23.1 Å². The SMILES string of the molecule is NCCCCCCCCCCC(=O)O.O. The maximum Gasteiger partial charge on any atom is 0.303 e. The van der Waals surface area contributed by atoms with Gasteiger partial charge in [-0.25, -0.2) is 0 Å². The zero-order chi connectivity index (χ0) is 10.6. The van der Waals surface area contributed by atoms with Crippen molar-refractivity contribution in [3.05, 3.63) is 0 Å². The van der Waals surface area contributed by atoms with Crippen molar-refractivity contribution in [2.45, 2.75) is 57.8 Å². The smallest absolute Gasteiger partial charge is 0.303 e. The largest absolute Gasteiger partial charge is 0.481 e. The molecule has 0 aromatic heterocycles. The minimum Gasteiger partial charge on any atom is -0.481 e. The highest BCUT2D eigenvalue weighted by Crippen LogP contribution is 2.09. The van der Waals surface area contributed by atoms with Gasteiger partial charge < -0.3 is 16.3 Å². The Morgan fingerprint density at radius 3 is 1.67 bits per heavy atom. The van der Waals surface area contributed by atoms with E-state index < -0.39 is 5.97 Å². The second-order valence-electron chi connectivity index (χ2n) is 3.76. The number of unbranched alkanes of at least 4 members (excludes halogenated alkanes) is 7. The molecule has 15 heavy (non-hydrogen) atoms. The van der Waals surface area contributed by atoms with E-state index in [0.29, 0.717) is 6.42 Å². The lowest BCUT2D eigenvalue weighted by molar-refractivity contribution is -0.137. The molecule has 0 spiro atoms. The monoisotopic (exact) mass is 219 g/mol. The first-order valence-electron chi connectivity index (χ1n) is 5.69. The van der Waals surface area contributed by atoms with E-state index in [-0.39, 0.29) is 5.48 Å². The molecule has 0 aliphatic heterocycles. The van der Waals surface area contributed by atoms with Crippen molar-refractivity contribution in [2.24, 2.45) is 5.73 Å². The molecule has 0 aromatic carbocycles. The van der Waals surface area contributed by atoms with Crippen LogP contribution in [-0.2, 0) is 4.79 Å². The van der Waals surface area contributed by atoms with E-state index in [1.54, 1.807) is 0 Å². The highest BCUT2D eigenvalue weighted by molar-refractivity contribution is 5.66. The molecule has 0 fully saturated rings. The summed E-state index contributed by atoms with van der Waals surface area (Å²) in [6.45, 7) is 0.804. The number of nitrogens with two attached hydrogens (primary N) is 1. The first kappa shape index (κ1) is 16.8. The molecule has 5 N–H and O–H groups in total. The van der Waals surface area contributed by atoms with Crippen molar-refractivity contribution in [1.29, 1.82) is 0 Å². The Morgan fingerprint density at radius 1 is 0.867 bits per heavy atom. The Hall–Kier alpha value is -0.610. The average Bonchev–Trinajstić information content (AvgIpc) is 2.15. The first-order chi connectivity index (χ1) is 6.77. The van der Waals surface area contributed by atoms with Crippen LogP contribution in [0.3, 0.4) is 0 Å². The van der Waals surface area contributed by atoms with Gasteiger partial charge in [-0.15, -0.1) is 0 Å². The van der Waals surface area contributed by atoms with Crippen LogP contribution in [0.15, 0.2) is 0 Å². The number of carboxylic acid groups (broad SMARTS) is 1. The van der Waals surface area contributed by atoms with Gasteiger partial charge >= 0.3 is 5.97 Å². The van der Waals surface area contributed by atoms with Crippen LogP contribution in [0.1, 0.15) is 57.8 Å². The minimum absolute atomic E-state index is 0. The molecular formula is C11H25NO3. The van der Waals surface area contributed by atoms with E-state index in [9.17, 15) is 4.79 Å². The summed E-state index contributed by atoms with van der Waals surface area (Å²) < 4.78 is 0. The lowest BCUT2D eigenvalue weighted by Gasteiger charge is -2.00. The Morgan fingerprint density at radius 2 is 1.27 bits per heavy atom. The summed E-state index contributed by atoms with van der Waals surface area (Å²) in [5, 5.41) is 8.40. The molecule has 0 atom stereocenters. The van der Waals surface area contributed by atoms with Gasteiger partial charge in [-0.1, -0.05) is 38.5 Å². The molecule has 0 aromatic rings. The van der Waals surface area contributed by atoms with Crippen molar-refractivity contribution in [3.63, 3.8) is 0 Å². The van der Waals surface area contributed by atoms with Gasteiger partial charge in [-0.05, 0) is 19.4 Å². The third kappa shape index (κ3) is 16.1. The maximum absolute atomic E-state index is 10.2. The van der Waals surface area contributed by atoms with Crippen LogP contribution in [0.4, 0.5) is 0 Å². The van der Waals surface area contributed by atoms with Crippen LogP contribution in [0.2, 0.25) is 0 Å². The number of carbonyl (C=O) groups is 1. The van der Waals surface area contributed by atoms with Crippen molar-refractivity contribution >= 4 is 5.97 Å². The van der Waals surface area contributed by atoms with E-state index in [4.69, 9.17) is 10.8 Å². The van der Waals surface area contributed by atoms with Gasteiger partial charge in [-0.3, -0.25) is 4.79 Å². The van der Waals surface area contributed by atoms with E-state index in [1.807, 2.05) is 0 Å². The standard InChI is InChI=1S/C11H23NO2.H2O/c12-10-8-6-4-2-1-3-5-7-9-11(13)14;/h1-10,12H2,(H,13,14);1H2. The molecule has 4 nitrogen and oxygen atoms in total. The Bertz CT molecular complexity index is 140. The second-order valence-corrected chi connectivity index (χ2v) is 3.76. The molecule has 0 saturated carbocycles. The molecule has 0 aliphatic carbocycles. The molecule has 0 radical (unpaired) electrons.